The molecule has 1 aliphatic rings. The van der Waals surface area contributed by atoms with E-state index in [0.29, 0.717) is 58.5 Å². The molecule has 0 aliphatic carbocycles. The molecule has 2 heterocycles. The van der Waals surface area contributed by atoms with Crippen molar-refractivity contribution >= 4 is 50.9 Å². The second-order valence-electron chi connectivity index (χ2n) is 10.6. The van der Waals surface area contributed by atoms with E-state index in [4.69, 9.17) is 30.5 Å². The molecule has 0 bridgehead atoms. The summed E-state index contributed by atoms with van der Waals surface area (Å²) in [5.41, 5.74) is 2.27. The first kappa shape index (κ1) is 33.4. The lowest BCUT2D eigenvalue weighted by Crippen LogP contribution is -2.40. The summed E-state index contributed by atoms with van der Waals surface area (Å²) in [4.78, 5) is 32.4. The predicted molar refractivity (Wildman–Crippen MR) is 179 cm³/mol. The van der Waals surface area contributed by atoms with E-state index >= 15 is 0 Å². The maximum absolute atomic E-state index is 14.1. The van der Waals surface area contributed by atoms with Gasteiger partial charge in [-0.15, -0.1) is 0 Å². The number of allylic oxidation sites excluding steroid dienone is 1. The van der Waals surface area contributed by atoms with Gasteiger partial charge in [0.1, 0.15) is 12.4 Å². The Morgan fingerprint density at radius 1 is 1.17 bits per heavy atom. The van der Waals surface area contributed by atoms with E-state index in [2.05, 4.69) is 20.9 Å². The summed E-state index contributed by atoms with van der Waals surface area (Å²) in [6.45, 7) is 7.55. The molecule has 8 nitrogen and oxygen atoms in total. The Kier molecular flexibility index (Phi) is 10.3. The normalized spacial score (nSPS) is 14.6. The van der Waals surface area contributed by atoms with Crippen molar-refractivity contribution in [1.82, 2.24) is 4.57 Å². The molecule has 3 aromatic carbocycles. The number of halogens is 3. The molecule has 0 spiro atoms. The van der Waals surface area contributed by atoms with Crippen LogP contribution in [-0.4, -0.2) is 30.4 Å². The van der Waals surface area contributed by atoms with E-state index in [1.165, 1.54) is 35.1 Å². The first-order chi connectivity index (χ1) is 22.0. The molecular weight excluding hydrogens is 699 g/mol. The topological polar surface area (TPSA) is 88.4 Å². The Hall–Kier alpha value is -3.93. The Morgan fingerprint density at radius 2 is 1.96 bits per heavy atom. The monoisotopic (exact) mass is 728 g/mol. The van der Waals surface area contributed by atoms with Gasteiger partial charge in [0.2, 0.25) is 0 Å². The van der Waals surface area contributed by atoms with Crippen molar-refractivity contribution in [2.75, 3.05) is 13.7 Å². The number of methoxy groups -OCH3 is 1. The average Bonchev–Trinajstić information content (AvgIpc) is 3.29. The Balaban J connectivity index is 1.58. The molecule has 0 saturated carbocycles. The van der Waals surface area contributed by atoms with Crippen LogP contribution in [0, 0.1) is 5.82 Å². The van der Waals surface area contributed by atoms with E-state index in [0.717, 1.165) is 0 Å². The van der Waals surface area contributed by atoms with Crippen LogP contribution in [0.2, 0.25) is 5.02 Å². The lowest BCUT2D eigenvalue weighted by molar-refractivity contribution is -0.139. The van der Waals surface area contributed by atoms with Gasteiger partial charge < -0.3 is 18.9 Å². The van der Waals surface area contributed by atoms with Gasteiger partial charge in [-0.25, -0.2) is 14.2 Å². The summed E-state index contributed by atoms with van der Waals surface area (Å²) in [7, 11) is 1.53. The second kappa shape index (κ2) is 14.2. The highest BCUT2D eigenvalue weighted by atomic mass is 79.9. The molecule has 1 aromatic heterocycles. The quantitative estimate of drug-likeness (QED) is 0.168. The standard InChI is InChI=1S/C34H31BrClFN2O6S/c1-6-43-33(41)29-19(4)38-34-39(30(29)22-10-11-26(45-18(2)3)27(16-22)42-5)32(40)28(46-34)15-21-13-24(35)31(25(36)14-21)44-17-20-8-7-9-23(37)12-20/h7-16,18,30H,6,17H2,1-5H3/b28-15-/t30-/m1/s1. The van der Waals surface area contributed by atoms with Gasteiger partial charge in [-0.3, -0.25) is 9.36 Å². The third kappa shape index (κ3) is 7.06. The third-order valence-corrected chi connectivity index (χ3v) is 8.83. The molecule has 0 amide bonds. The van der Waals surface area contributed by atoms with Gasteiger partial charge in [-0.1, -0.05) is 41.1 Å². The van der Waals surface area contributed by atoms with Crippen molar-refractivity contribution < 1.29 is 28.1 Å². The molecule has 12 heteroatoms. The van der Waals surface area contributed by atoms with Crippen molar-refractivity contribution in [1.29, 1.82) is 0 Å². The number of carbonyl (C=O) groups excluding carboxylic acids is 1. The van der Waals surface area contributed by atoms with E-state index in [1.807, 2.05) is 13.8 Å². The number of fused-ring (bicyclic) bond motifs is 1. The molecule has 0 saturated heterocycles. The maximum Gasteiger partial charge on any atom is 0.338 e. The van der Waals surface area contributed by atoms with Crippen LogP contribution >= 0.6 is 38.9 Å². The predicted octanol–water partition coefficient (Wildman–Crippen LogP) is 6.73. The van der Waals surface area contributed by atoms with Gasteiger partial charge in [-0.05, 0) is 103 Å². The van der Waals surface area contributed by atoms with Crippen LogP contribution in [0.1, 0.15) is 50.4 Å². The van der Waals surface area contributed by atoms with Gasteiger partial charge in [0.25, 0.3) is 5.56 Å². The summed E-state index contributed by atoms with van der Waals surface area (Å²) < 4.78 is 38.8. The van der Waals surface area contributed by atoms with Gasteiger partial charge in [0.15, 0.2) is 22.0 Å². The third-order valence-electron chi connectivity index (χ3n) is 6.97. The number of hydrogen-bond donors (Lipinski definition) is 0. The lowest BCUT2D eigenvalue weighted by Gasteiger charge is -2.25. The van der Waals surface area contributed by atoms with Crippen LogP contribution in [0.15, 0.2) is 80.1 Å². The zero-order valence-electron chi connectivity index (χ0n) is 25.7. The van der Waals surface area contributed by atoms with Crippen molar-refractivity contribution in [2.24, 2.45) is 4.99 Å². The number of ether oxygens (including phenoxy) is 4. The summed E-state index contributed by atoms with van der Waals surface area (Å²) >= 11 is 11.3. The average molecular weight is 730 g/mol. The number of esters is 1. The Morgan fingerprint density at radius 3 is 2.63 bits per heavy atom. The SMILES string of the molecule is CCOC(=O)C1=C(C)N=c2s/c(=C\c3cc(Cl)c(OCc4cccc(F)c4)c(Br)c3)c(=O)n2[C@@H]1c1ccc(OC(C)C)c(OC)c1. The summed E-state index contributed by atoms with van der Waals surface area (Å²) in [6, 6.07) is 14.1. The minimum absolute atomic E-state index is 0.0859. The second-order valence-corrected chi connectivity index (χ2v) is 12.9. The zero-order valence-corrected chi connectivity index (χ0v) is 28.9. The fraction of sp³-hybridized carbons (Fsp3) is 0.265. The van der Waals surface area contributed by atoms with Crippen molar-refractivity contribution in [2.45, 2.75) is 46.4 Å². The molecule has 0 radical (unpaired) electrons. The molecule has 46 heavy (non-hydrogen) atoms. The van der Waals surface area contributed by atoms with Crippen molar-refractivity contribution in [3.8, 4) is 17.2 Å². The fourth-order valence-electron chi connectivity index (χ4n) is 5.05. The summed E-state index contributed by atoms with van der Waals surface area (Å²) in [5.74, 6) is 0.474. The van der Waals surface area contributed by atoms with Crippen LogP contribution < -0.4 is 29.1 Å². The number of thiazole rings is 1. The highest BCUT2D eigenvalue weighted by Gasteiger charge is 2.34. The minimum atomic E-state index is -0.826. The molecule has 4 aromatic rings. The van der Waals surface area contributed by atoms with Gasteiger partial charge in [0.05, 0.1) is 51.2 Å². The molecule has 1 atom stereocenters. The van der Waals surface area contributed by atoms with E-state index in [9.17, 15) is 14.0 Å². The first-order valence-corrected chi connectivity index (χ1v) is 16.4. The first-order valence-electron chi connectivity index (χ1n) is 14.4. The minimum Gasteiger partial charge on any atom is -0.493 e. The lowest BCUT2D eigenvalue weighted by atomic mass is 9.95. The number of hydrogen-bond acceptors (Lipinski definition) is 8. The smallest absolute Gasteiger partial charge is 0.338 e. The number of nitrogens with zero attached hydrogens (tertiary/aromatic N) is 2. The van der Waals surface area contributed by atoms with E-state index < -0.39 is 12.0 Å². The van der Waals surface area contributed by atoms with Crippen LogP contribution in [0.5, 0.6) is 17.2 Å². The van der Waals surface area contributed by atoms with Crippen LogP contribution in [-0.2, 0) is 16.1 Å². The molecule has 0 unspecified atom stereocenters. The van der Waals surface area contributed by atoms with Crippen molar-refractivity contribution in [3.63, 3.8) is 0 Å². The molecule has 1 aliphatic heterocycles. The molecular formula is C34H31BrClFN2O6S. The van der Waals surface area contributed by atoms with E-state index in [1.54, 1.807) is 62.4 Å². The number of carbonyl (C=O) groups is 1. The van der Waals surface area contributed by atoms with E-state index in [-0.39, 0.29) is 36.3 Å². The summed E-state index contributed by atoms with van der Waals surface area (Å²) in [6.07, 6.45) is 1.62. The largest absolute Gasteiger partial charge is 0.493 e. The van der Waals surface area contributed by atoms with Crippen LogP contribution in [0.25, 0.3) is 6.08 Å². The van der Waals surface area contributed by atoms with Crippen molar-refractivity contribution in [3.05, 3.63) is 118 Å². The molecule has 0 N–H and O–H groups in total. The molecule has 240 valence electrons. The Labute approximate surface area is 282 Å². The van der Waals surface area contributed by atoms with Crippen LogP contribution in [0.3, 0.4) is 0 Å². The molecule has 5 rings (SSSR count). The van der Waals surface area contributed by atoms with Gasteiger partial charge in [0, 0.05) is 0 Å². The number of aromatic nitrogens is 1. The zero-order chi connectivity index (χ0) is 33.1. The fourth-order valence-corrected chi connectivity index (χ4v) is 7.08. The maximum atomic E-state index is 14.1. The van der Waals surface area contributed by atoms with Crippen LogP contribution in [0.4, 0.5) is 4.39 Å². The number of benzene rings is 3. The van der Waals surface area contributed by atoms with Gasteiger partial charge >= 0.3 is 5.97 Å². The van der Waals surface area contributed by atoms with Gasteiger partial charge in [-0.2, -0.15) is 0 Å². The Bertz CT molecular complexity index is 2000. The summed E-state index contributed by atoms with van der Waals surface area (Å²) in [5, 5.41) is 0.305. The highest BCUT2D eigenvalue weighted by molar-refractivity contribution is 9.10. The number of rotatable bonds is 10. The molecule has 0 fully saturated rings. The highest BCUT2D eigenvalue weighted by Crippen LogP contribution is 2.37.